The fourth-order valence-electron chi connectivity index (χ4n) is 2.32. The van der Waals surface area contributed by atoms with Crippen molar-refractivity contribution in [3.63, 3.8) is 0 Å². The average molecular weight is 347 g/mol. The van der Waals surface area contributed by atoms with Crippen LogP contribution in [0.4, 0.5) is 4.39 Å². The highest BCUT2D eigenvalue weighted by Gasteiger charge is 2.14. The second-order valence-electron chi connectivity index (χ2n) is 5.63. The Bertz CT molecular complexity index is 731. The molecule has 0 radical (unpaired) electrons. The van der Waals surface area contributed by atoms with Gasteiger partial charge >= 0.3 is 0 Å². The van der Waals surface area contributed by atoms with E-state index in [0.29, 0.717) is 23.8 Å². The van der Waals surface area contributed by atoms with Crippen LogP contribution in [-0.2, 0) is 11.3 Å². The van der Waals surface area contributed by atoms with Crippen molar-refractivity contribution < 1.29 is 23.4 Å². The smallest absolute Gasteiger partial charge is 0.260 e. The molecule has 134 valence electrons. The summed E-state index contributed by atoms with van der Waals surface area (Å²) in [5, 5.41) is 0. The van der Waals surface area contributed by atoms with Crippen molar-refractivity contribution >= 4 is 5.91 Å². The number of ether oxygens (including phenoxy) is 3. The van der Waals surface area contributed by atoms with Crippen LogP contribution in [0.15, 0.2) is 36.4 Å². The fraction of sp³-hybridized carbons (Fsp3) is 0.316. The first-order chi connectivity index (χ1) is 11.9. The molecule has 0 aliphatic heterocycles. The number of hydrogen-bond donors (Lipinski definition) is 0. The van der Waals surface area contributed by atoms with E-state index in [1.54, 1.807) is 26.2 Å². The Morgan fingerprint density at radius 3 is 2.28 bits per heavy atom. The maximum Gasteiger partial charge on any atom is 0.260 e. The molecule has 0 atom stereocenters. The normalized spacial score (nSPS) is 10.3. The lowest BCUT2D eigenvalue weighted by Gasteiger charge is -2.20. The zero-order chi connectivity index (χ0) is 18.4. The van der Waals surface area contributed by atoms with Crippen molar-refractivity contribution in [2.75, 3.05) is 27.9 Å². The van der Waals surface area contributed by atoms with E-state index in [1.807, 2.05) is 19.1 Å². The van der Waals surface area contributed by atoms with E-state index >= 15 is 0 Å². The highest BCUT2D eigenvalue weighted by Crippen LogP contribution is 2.30. The van der Waals surface area contributed by atoms with Gasteiger partial charge in [-0.15, -0.1) is 0 Å². The van der Waals surface area contributed by atoms with Gasteiger partial charge in [0.15, 0.2) is 18.1 Å². The first-order valence-electron chi connectivity index (χ1n) is 7.78. The number of nitrogens with zero attached hydrogens (tertiary/aromatic N) is 1. The van der Waals surface area contributed by atoms with Gasteiger partial charge in [0.1, 0.15) is 11.6 Å². The zero-order valence-electron chi connectivity index (χ0n) is 14.8. The second kappa shape index (κ2) is 8.37. The maximum absolute atomic E-state index is 12.9. The molecule has 2 rings (SSSR count). The lowest BCUT2D eigenvalue weighted by Crippen LogP contribution is -2.31. The number of carbonyl (C=O) groups excluding carboxylic acids is 1. The van der Waals surface area contributed by atoms with Crippen LogP contribution in [0.3, 0.4) is 0 Å². The van der Waals surface area contributed by atoms with Crippen LogP contribution in [0, 0.1) is 12.7 Å². The molecule has 5 nitrogen and oxygen atoms in total. The van der Waals surface area contributed by atoms with Gasteiger partial charge in [-0.1, -0.05) is 0 Å². The molecule has 0 aliphatic carbocycles. The van der Waals surface area contributed by atoms with Gasteiger partial charge < -0.3 is 19.1 Å². The lowest BCUT2D eigenvalue weighted by atomic mass is 10.1. The summed E-state index contributed by atoms with van der Waals surface area (Å²) in [6.07, 6.45) is 0. The summed E-state index contributed by atoms with van der Waals surface area (Å²) in [6, 6.07) is 9.29. The van der Waals surface area contributed by atoms with Crippen LogP contribution >= 0.6 is 0 Å². The van der Waals surface area contributed by atoms with Gasteiger partial charge in [-0.2, -0.15) is 0 Å². The van der Waals surface area contributed by atoms with E-state index in [0.717, 1.165) is 11.1 Å². The standard InChI is InChI=1S/C19H22FNO4/c1-13-9-17(23-3)18(24-4)10-14(13)11-21(2)19(22)12-25-16-7-5-15(20)6-8-16/h5-10H,11-12H2,1-4H3. The maximum atomic E-state index is 12.9. The Balaban J connectivity index is 1.99. The van der Waals surface area contributed by atoms with Crippen LogP contribution < -0.4 is 14.2 Å². The molecule has 0 heterocycles. The van der Waals surface area contributed by atoms with Gasteiger partial charge in [0, 0.05) is 13.6 Å². The van der Waals surface area contributed by atoms with Crippen LogP contribution in [-0.4, -0.2) is 38.7 Å². The number of likely N-dealkylation sites (N-methyl/N-ethyl adjacent to an activating group) is 1. The number of hydrogen-bond acceptors (Lipinski definition) is 4. The monoisotopic (exact) mass is 347 g/mol. The second-order valence-corrected chi connectivity index (χ2v) is 5.63. The number of aryl methyl sites for hydroxylation is 1. The molecule has 0 N–H and O–H groups in total. The summed E-state index contributed by atoms with van der Waals surface area (Å²) >= 11 is 0. The molecular formula is C19H22FNO4. The Hall–Kier alpha value is -2.76. The lowest BCUT2D eigenvalue weighted by molar-refractivity contribution is -0.132. The number of carbonyl (C=O) groups is 1. The van der Waals surface area contributed by atoms with Crippen molar-refractivity contribution in [2.24, 2.45) is 0 Å². The number of methoxy groups -OCH3 is 2. The van der Waals surface area contributed by atoms with Crippen molar-refractivity contribution in [3.8, 4) is 17.2 Å². The van der Waals surface area contributed by atoms with E-state index in [9.17, 15) is 9.18 Å². The molecule has 6 heteroatoms. The molecule has 2 aromatic rings. The van der Waals surface area contributed by atoms with Crippen molar-refractivity contribution in [3.05, 3.63) is 53.3 Å². The summed E-state index contributed by atoms with van der Waals surface area (Å²) in [7, 11) is 4.86. The summed E-state index contributed by atoms with van der Waals surface area (Å²) in [5.74, 6) is 1.19. The molecule has 0 aromatic heterocycles. The third-order valence-electron chi connectivity index (χ3n) is 3.85. The van der Waals surface area contributed by atoms with E-state index in [1.165, 1.54) is 24.3 Å². The number of benzene rings is 2. The van der Waals surface area contributed by atoms with Crippen LogP contribution in [0.5, 0.6) is 17.2 Å². The zero-order valence-corrected chi connectivity index (χ0v) is 14.8. The molecular weight excluding hydrogens is 325 g/mol. The number of rotatable bonds is 7. The van der Waals surface area contributed by atoms with Crippen molar-refractivity contribution in [1.29, 1.82) is 0 Å². The summed E-state index contributed by atoms with van der Waals surface area (Å²) in [5.41, 5.74) is 1.95. The quantitative estimate of drug-likeness (QED) is 0.772. The van der Waals surface area contributed by atoms with Gasteiger partial charge in [0.05, 0.1) is 14.2 Å². The Morgan fingerprint density at radius 1 is 1.08 bits per heavy atom. The molecule has 25 heavy (non-hydrogen) atoms. The number of amides is 1. The predicted molar refractivity (Wildman–Crippen MR) is 92.7 cm³/mol. The molecule has 2 aromatic carbocycles. The summed E-state index contributed by atoms with van der Waals surface area (Å²) < 4.78 is 28.8. The molecule has 0 bridgehead atoms. The molecule has 0 saturated heterocycles. The molecule has 0 saturated carbocycles. The van der Waals surface area contributed by atoms with Gasteiger partial charge in [0.25, 0.3) is 5.91 Å². The molecule has 0 spiro atoms. The third kappa shape index (κ3) is 4.86. The first kappa shape index (κ1) is 18.6. The minimum absolute atomic E-state index is 0.117. The van der Waals surface area contributed by atoms with Gasteiger partial charge in [-0.25, -0.2) is 4.39 Å². The van der Waals surface area contributed by atoms with Gasteiger partial charge in [-0.05, 0) is 54.4 Å². The molecule has 1 amide bonds. The van der Waals surface area contributed by atoms with Crippen LogP contribution in [0.1, 0.15) is 11.1 Å². The molecule has 0 fully saturated rings. The molecule has 0 unspecified atom stereocenters. The largest absolute Gasteiger partial charge is 0.493 e. The Morgan fingerprint density at radius 2 is 1.68 bits per heavy atom. The van der Waals surface area contributed by atoms with Crippen molar-refractivity contribution in [1.82, 2.24) is 4.90 Å². The summed E-state index contributed by atoms with van der Waals surface area (Å²) in [4.78, 5) is 13.8. The topological polar surface area (TPSA) is 48.0 Å². The number of halogens is 1. The average Bonchev–Trinajstić information content (AvgIpc) is 2.62. The van der Waals surface area contributed by atoms with Crippen LogP contribution in [0.25, 0.3) is 0 Å². The van der Waals surface area contributed by atoms with Crippen LogP contribution in [0.2, 0.25) is 0 Å². The van der Waals surface area contributed by atoms with E-state index in [-0.39, 0.29) is 18.3 Å². The first-order valence-corrected chi connectivity index (χ1v) is 7.78. The fourth-order valence-corrected chi connectivity index (χ4v) is 2.32. The van der Waals surface area contributed by atoms with E-state index in [4.69, 9.17) is 14.2 Å². The van der Waals surface area contributed by atoms with Gasteiger partial charge in [0.2, 0.25) is 0 Å². The third-order valence-corrected chi connectivity index (χ3v) is 3.85. The highest BCUT2D eigenvalue weighted by atomic mass is 19.1. The SMILES string of the molecule is COc1cc(C)c(CN(C)C(=O)COc2ccc(F)cc2)cc1OC. The minimum atomic E-state index is -0.347. The van der Waals surface area contributed by atoms with Gasteiger partial charge in [-0.3, -0.25) is 4.79 Å². The Kier molecular flexibility index (Phi) is 6.22. The Labute approximate surface area is 146 Å². The highest BCUT2D eigenvalue weighted by molar-refractivity contribution is 5.77. The van der Waals surface area contributed by atoms with Crippen molar-refractivity contribution in [2.45, 2.75) is 13.5 Å². The molecule has 0 aliphatic rings. The summed E-state index contributed by atoms with van der Waals surface area (Å²) in [6.45, 7) is 2.25. The predicted octanol–water partition coefficient (Wildman–Crippen LogP) is 3.19. The minimum Gasteiger partial charge on any atom is -0.493 e. The van der Waals surface area contributed by atoms with E-state index in [2.05, 4.69) is 0 Å². The van der Waals surface area contributed by atoms with E-state index < -0.39 is 0 Å².